The molecule has 6 heteroatoms. The first-order chi connectivity index (χ1) is 7.90. The highest BCUT2D eigenvalue weighted by atomic mass is 32.1. The summed E-state index contributed by atoms with van der Waals surface area (Å²) in [5.41, 5.74) is 6.09. The van der Waals surface area contributed by atoms with Gasteiger partial charge in [0.1, 0.15) is 5.69 Å². The minimum atomic E-state index is -0.542. The smallest absolute Gasteiger partial charge is 0.243 e. The third kappa shape index (κ3) is 4.24. The fourth-order valence-corrected chi connectivity index (χ4v) is 2.06. The number of hydrogen-bond donors (Lipinski definition) is 2. The lowest BCUT2D eigenvalue weighted by molar-refractivity contribution is -0.117. The van der Waals surface area contributed by atoms with Gasteiger partial charge in [-0.25, -0.2) is 4.98 Å². The molecule has 1 aromatic heterocycles. The van der Waals surface area contributed by atoms with Crippen LogP contribution in [0, 0.1) is 5.92 Å². The molecule has 1 atom stereocenters. The Bertz CT molecular complexity index is 415. The molecule has 0 radical (unpaired) electrons. The van der Waals surface area contributed by atoms with Gasteiger partial charge in [-0.1, -0.05) is 13.8 Å². The second-order valence-electron chi connectivity index (χ2n) is 4.32. The van der Waals surface area contributed by atoms with Gasteiger partial charge in [-0.15, -0.1) is 11.3 Å². The lowest BCUT2D eigenvalue weighted by Crippen LogP contribution is -2.36. The van der Waals surface area contributed by atoms with Gasteiger partial charge in [-0.05, 0) is 12.3 Å². The maximum absolute atomic E-state index is 11.7. The second-order valence-corrected chi connectivity index (χ2v) is 5.18. The van der Waals surface area contributed by atoms with Gasteiger partial charge in [-0.2, -0.15) is 0 Å². The van der Waals surface area contributed by atoms with E-state index < -0.39 is 6.04 Å². The zero-order valence-electron chi connectivity index (χ0n) is 10.2. The van der Waals surface area contributed by atoms with Crippen LogP contribution in [-0.2, 0) is 4.79 Å². The summed E-state index contributed by atoms with van der Waals surface area (Å²) in [6, 6.07) is -0.542. The maximum Gasteiger partial charge on any atom is 0.243 e. The van der Waals surface area contributed by atoms with E-state index in [0.29, 0.717) is 23.2 Å². The summed E-state index contributed by atoms with van der Waals surface area (Å²) in [7, 11) is 0. The van der Waals surface area contributed by atoms with Crippen molar-refractivity contribution in [1.82, 2.24) is 4.98 Å². The molecule has 0 saturated carbocycles. The summed E-state index contributed by atoms with van der Waals surface area (Å²) in [4.78, 5) is 26.7. The molecule has 94 valence electrons. The molecule has 0 spiro atoms. The maximum atomic E-state index is 11.7. The number of carbonyl (C=O) groups excluding carboxylic acids is 2. The molecule has 0 aromatic carbocycles. The van der Waals surface area contributed by atoms with Gasteiger partial charge in [0.2, 0.25) is 5.91 Å². The number of Topliss-reactive ketones (excluding diaryl/α,β-unsaturated/α-hetero) is 1. The summed E-state index contributed by atoms with van der Waals surface area (Å²) in [6.45, 7) is 5.44. The molecule has 0 bridgehead atoms. The summed E-state index contributed by atoms with van der Waals surface area (Å²) >= 11 is 1.22. The standard InChI is InChI=1S/C11H17N3O2S/c1-6(2)4-8(12)10(16)14-11-13-9(5-17-11)7(3)15/h5-6,8H,4,12H2,1-3H3,(H,13,14,16). The largest absolute Gasteiger partial charge is 0.320 e. The number of nitrogens with one attached hydrogen (secondary N) is 1. The summed E-state index contributed by atoms with van der Waals surface area (Å²) in [5, 5.41) is 4.65. The Morgan fingerprint density at radius 1 is 1.53 bits per heavy atom. The van der Waals surface area contributed by atoms with E-state index in [0.717, 1.165) is 0 Å². The highest BCUT2D eigenvalue weighted by Crippen LogP contribution is 2.16. The average molecular weight is 255 g/mol. The van der Waals surface area contributed by atoms with Crippen LogP contribution in [0.3, 0.4) is 0 Å². The van der Waals surface area contributed by atoms with E-state index in [1.165, 1.54) is 18.3 Å². The molecule has 0 saturated heterocycles. The topological polar surface area (TPSA) is 85.1 Å². The van der Waals surface area contributed by atoms with Gasteiger partial charge >= 0.3 is 0 Å². The van der Waals surface area contributed by atoms with Crippen LogP contribution in [0.1, 0.15) is 37.7 Å². The van der Waals surface area contributed by atoms with Gasteiger partial charge in [0, 0.05) is 12.3 Å². The van der Waals surface area contributed by atoms with Crippen molar-refractivity contribution in [3.8, 4) is 0 Å². The molecule has 5 nitrogen and oxygen atoms in total. The van der Waals surface area contributed by atoms with Crippen LogP contribution in [-0.4, -0.2) is 22.7 Å². The lowest BCUT2D eigenvalue weighted by atomic mass is 10.0. The van der Waals surface area contributed by atoms with Crippen molar-refractivity contribution < 1.29 is 9.59 Å². The van der Waals surface area contributed by atoms with Crippen LogP contribution in [0.4, 0.5) is 5.13 Å². The number of hydrogen-bond acceptors (Lipinski definition) is 5. The first-order valence-corrected chi connectivity index (χ1v) is 6.31. The third-order valence-corrected chi connectivity index (χ3v) is 2.91. The van der Waals surface area contributed by atoms with Crippen LogP contribution in [0.15, 0.2) is 5.38 Å². The molecule has 1 rings (SSSR count). The number of aromatic nitrogens is 1. The fourth-order valence-electron chi connectivity index (χ4n) is 1.31. The molecule has 1 amide bonds. The van der Waals surface area contributed by atoms with Crippen LogP contribution in [0.2, 0.25) is 0 Å². The van der Waals surface area contributed by atoms with Gasteiger partial charge in [0.15, 0.2) is 10.9 Å². The number of thiazole rings is 1. The van der Waals surface area contributed by atoms with E-state index in [4.69, 9.17) is 5.73 Å². The number of ketones is 1. The van der Waals surface area contributed by atoms with Crippen molar-refractivity contribution in [2.24, 2.45) is 11.7 Å². The minimum Gasteiger partial charge on any atom is -0.320 e. The molecule has 1 unspecified atom stereocenters. The first-order valence-electron chi connectivity index (χ1n) is 5.43. The number of nitrogens with zero attached hydrogens (tertiary/aromatic N) is 1. The van der Waals surface area contributed by atoms with Crippen molar-refractivity contribution >= 4 is 28.2 Å². The summed E-state index contributed by atoms with van der Waals surface area (Å²) in [6.07, 6.45) is 0.622. The molecule has 0 fully saturated rings. The number of amides is 1. The average Bonchev–Trinajstić information content (AvgIpc) is 2.65. The molecule has 1 heterocycles. The van der Waals surface area contributed by atoms with E-state index in [1.807, 2.05) is 13.8 Å². The van der Waals surface area contributed by atoms with Crippen molar-refractivity contribution in [2.45, 2.75) is 33.2 Å². The SMILES string of the molecule is CC(=O)c1csc(NC(=O)C(N)CC(C)C)n1. The Labute approximate surface area is 104 Å². The van der Waals surface area contributed by atoms with Gasteiger partial charge in [-0.3, -0.25) is 9.59 Å². The highest BCUT2D eigenvalue weighted by Gasteiger charge is 2.16. The molecule has 0 aliphatic rings. The molecular weight excluding hydrogens is 238 g/mol. The first kappa shape index (κ1) is 13.8. The Hall–Kier alpha value is -1.27. The monoisotopic (exact) mass is 255 g/mol. The number of carbonyl (C=O) groups is 2. The van der Waals surface area contributed by atoms with E-state index in [9.17, 15) is 9.59 Å². The van der Waals surface area contributed by atoms with Crippen LogP contribution >= 0.6 is 11.3 Å². The van der Waals surface area contributed by atoms with Crippen molar-refractivity contribution in [1.29, 1.82) is 0 Å². The molecule has 0 aliphatic carbocycles. The Kier molecular flexibility index (Phi) is 4.77. The zero-order chi connectivity index (χ0) is 13.0. The number of anilines is 1. The van der Waals surface area contributed by atoms with Gasteiger partial charge in [0.05, 0.1) is 6.04 Å². The van der Waals surface area contributed by atoms with E-state index >= 15 is 0 Å². The predicted octanol–water partition coefficient (Wildman–Crippen LogP) is 1.66. The van der Waals surface area contributed by atoms with E-state index in [1.54, 1.807) is 5.38 Å². The van der Waals surface area contributed by atoms with Crippen LogP contribution < -0.4 is 11.1 Å². The minimum absolute atomic E-state index is 0.117. The van der Waals surface area contributed by atoms with Crippen LogP contribution in [0.5, 0.6) is 0 Å². The Balaban J connectivity index is 2.58. The molecule has 17 heavy (non-hydrogen) atoms. The van der Waals surface area contributed by atoms with Crippen molar-refractivity contribution in [3.63, 3.8) is 0 Å². The molecule has 1 aromatic rings. The number of rotatable bonds is 5. The highest BCUT2D eigenvalue weighted by molar-refractivity contribution is 7.14. The van der Waals surface area contributed by atoms with Crippen molar-refractivity contribution in [2.75, 3.05) is 5.32 Å². The van der Waals surface area contributed by atoms with Gasteiger partial charge in [0.25, 0.3) is 0 Å². The predicted molar refractivity (Wildman–Crippen MR) is 68.2 cm³/mol. The van der Waals surface area contributed by atoms with E-state index in [2.05, 4.69) is 10.3 Å². The Morgan fingerprint density at radius 3 is 2.65 bits per heavy atom. The number of nitrogens with two attached hydrogens (primary N) is 1. The lowest BCUT2D eigenvalue weighted by Gasteiger charge is -2.12. The fraction of sp³-hybridized carbons (Fsp3) is 0.545. The normalized spacial score (nSPS) is 12.5. The summed E-state index contributed by atoms with van der Waals surface area (Å²) < 4.78 is 0. The van der Waals surface area contributed by atoms with Crippen LogP contribution in [0.25, 0.3) is 0 Å². The molecule has 0 aliphatic heterocycles. The molecular formula is C11H17N3O2S. The van der Waals surface area contributed by atoms with E-state index in [-0.39, 0.29) is 11.7 Å². The zero-order valence-corrected chi connectivity index (χ0v) is 11.0. The molecule has 3 N–H and O–H groups in total. The van der Waals surface area contributed by atoms with Crippen molar-refractivity contribution in [3.05, 3.63) is 11.1 Å². The summed E-state index contributed by atoms with van der Waals surface area (Å²) in [5.74, 6) is -0.0174. The van der Waals surface area contributed by atoms with Gasteiger partial charge < -0.3 is 11.1 Å². The third-order valence-electron chi connectivity index (χ3n) is 2.16. The Morgan fingerprint density at radius 2 is 2.18 bits per heavy atom. The second kappa shape index (κ2) is 5.88. The quantitative estimate of drug-likeness (QED) is 0.783.